The highest BCUT2D eigenvalue weighted by atomic mass is 35.5. The van der Waals surface area contributed by atoms with E-state index < -0.39 is 0 Å². The highest BCUT2D eigenvalue weighted by Crippen LogP contribution is 2.17. The molecule has 0 unspecified atom stereocenters. The largest absolute Gasteiger partial charge is 0.308 e. The molecule has 0 saturated carbocycles. The zero-order chi connectivity index (χ0) is 16.9. The summed E-state index contributed by atoms with van der Waals surface area (Å²) in [5.41, 5.74) is 4.97. The lowest BCUT2D eigenvalue weighted by atomic mass is 10.1. The summed E-state index contributed by atoms with van der Waals surface area (Å²) in [5, 5.41) is 12.3. The van der Waals surface area contributed by atoms with E-state index in [1.165, 1.54) is 22.4 Å². The van der Waals surface area contributed by atoms with Crippen molar-refractivity contribution >= 4 is 12.4 Å². The van der Waals surface area contributed by atoms with Crippen LogP contribution in [-0.4, -0.2) is 24.5 Å². The smallest absolute Gasteiger partial charge is 0.137 e. The fourth-order valence-electron chi connectivity index (χ4n) is 2.88. The molecule has 134 valence electrons. The number of hydrogen-bond acceptors (Lipinski definition) is 4. The van der Waals surface area contributed by atoms with Gasteiger partial charge >= 0.3 is 0 Å². The Bertz CT molecular complexity index is 779. The lowest BCUT2D eigenvalue weighted by Crippen LogP contribution is -2.15. The molecule has 1 aromatic carbocycles. The van der Waals surface area contributed by atoms with E-state index >= 15 is 0 Å². The van der Waals surface area contributed by atoms with Crippen LogP contribution >= 0.6 is 12.4 Å². The van der Waals surface area contributed by atoms with Crippen LogP contribution in [0.5, 0.6) is 0 Å². The average Bonchev–Trinajstić information content (AvgIpc) is 3.18. The number of hydrogen-bond donors (Lipinski definition) is 1. The average molecular weight is 361 g/mol. The van der Waals surface area contributed by atoms with E-state index in [-0.39, 0.29) is 12.4 Å². The van der Waals surface area contributed by atoms with Crippen molar-refractivity contribution < 1.29 is 0 Å². The number of rotatable bonds is 7. The monoisotopic (exact) mass is 360 g/mol. The Kier molecular flexibility index (Phi) is 6.73. The number of aryl methyl sites for hydroxylation is 1. The van der Waals surface area contributed by atoms with Crippen molar-refractivity contribution in [2.45, 2.75) is 39.4 Å². The molecule has 6 nitrogen and oxygen atoms in total. The van der Waals surface area contributed by atoms with Crippen LogP contribution in [0.15, 0.2) is 43.1 Å². The normalized spacial score (nSPS) is 10.9. The third-order valence-corrected chi connectivity index (χ3v) is 4.03. The molecule has 0 aliphatic carbocycles. The van der Waals surface area contributed by atoms with Gasteiger partial charge in [-0.25, -0.2) is 9.67 Å². The van der Waals surface area contributed by atoms with Gasteiger partial charge in [0.05, 0.1) is 12.2 Å². The summed E-state index contributed by atoms with van der Waals surface area (Å²) in [6.07, 6.45) is 5.41. The van der Waals surface area contributed by atoms with Crippen molar-refractivity contribution in [1.82, 2.24) is 29.9 Å². The first-order valence-electron chi connectivity index (χ1n) is 8.26. The maximum atomic E-state index is 4.56. The Morgan fingerprint density at radius 1 is 1.08 bits per heavy atom. The topological polar surface area (TPSA) is 60.6 Å². The molecular weight excluding hydrogens is 336 g/mol. The maximum Gasteiger partial charge on any atom is 0.137 e. The van der Waals surface area contributed by atoms with Crippen LogP contribution in [0, 0.1) is 0 Å². The molecule has 3 aromatic rings. The second kappa shape index (κ2) is 8.78. The molecule has 25 heavy (non-hydrogen) atoms. The van der Waals surface area contributed by atoms with Crippen LogP contribution in [-0.2, 0) is 26.7 Å². The van der Waals surface area contributed by atoms with Crippen LogP contribution in [0.2, 0.25) is 0 Å². The third-order valence-electron chi connectivity index (χ3n) is 4.03. The summed E-state index contributed by atoms with van der Waals surface area (Å²) in [4.78, 5) is 4.01. The van der Waals surface area contributed by atoms with Gasteiger partial charge in [0.1, 0.15) is 12.7 Å². The first-order valence-corrected chi connectivity index (χ1v) is 8.26. The standard InChI is InChI=1S/C18H24N6.ClH/c1-14(2)18-17(10-23(3)22-18)9-19-8-15-6-4-5-7-16(15)11-24-13-20-12-21-24;/h4-7,10,12-14,19H,8-9,11H2,1-3H3;1H. The SMILES string of the molecule is CC(C)c1nn(C)cc1CNCc1ccccc1Cn1cncn1.Cl. The molecule has 0 aliphatic rings. The van der Waals surface area contributed by atoms with Gasteiger partial charge in [-0.3, -0.25) is 4.68 Å². The summed E-state index contributed by atoms with van der Waals surface area (Å²) in [6, 6.07) is 8.44. The van der Waals surface area contributed by atoms with Crippen LogP contribution in [0.4, 0.5) is 0 Å². The van der Waals surface area contributed by atoms with Crippen molar-refractivity contribution in [1.29, 1.82) is 0 Å². The van der Waals surface area contributed by atoms with E-state index in [2.05, 4.69) is 64.8 Å². The van der Waals surface area contributed by atoms with E-state index in [1.807, 2.05) is 16.4 Å². The van der Waals surface area contributed by atoms with E-state index in [1.54, 1.807) is 12.7 Å². The fourth-order valence-corrected chi connectivity index (χ4v) is 2.88. The Balaban J connectivity index is 0.00000225. The zero-order valence-corrected chi connectivity index (χ0v) is 15.7. The van der Waals surface area contributed by atoms with Gasteiger partial charge in [0, 0.05) is 31.9 Å². The van der Waals surface area contributed by atoms with Crippen LogP contribution in [0.3, 0.4) is 0 Å². The van der Waals surface area contributed by atoms with Crippen molar-refractivity contribution in [2.75, 3.05) is 0 Å². The van der Waals surface area contributed by atoms with Gasteiger partial charge in [0.2, 0.25) is 0 Å². The molecule has 0 saturated heterocycles. The number of benzene rings is 1. The first kappa shape index (κ1) is 19.1. The summed E-state index contributed by atoms with van der Waals surface area (Å²) in [6.45, 7) is 6.73. The zero-order valence-electron chi connectivity index (χ0n) is 14.9. The minimum absolute atomic E-state index is 0. The Morgan fingerprint density at radius 3 is 2.48 bits per heavy atom. The lowest BCUT2D eigenvalue weighted by Gasteiger charge is -2.11. The highest BCUT2D eigenvalue weighted by Gasteiger charge is 2.11. The molecule has 0 fully saturated rings. The van der Waals surface area contributed by atoms with E-state index in [0.717, 1.165) is 19.6 Å². The number of aromatic nitrogens is 5. The second-order valence-corrected chi connectivity index (χ2v) is 6.33. The van der Waals surface area contributed by atoms with Crippen LogP contribution in [0.25, 0.3) is 0 Å². The minimum atomic E-state index is 0. The Morgan fingerprint density at radius 2 is 1.80 bits per heavy atom. The number of nitrogens with zero attached hydrogens (tertiary/aromatic N) is 5. The molecule has 0 amide bonds. The predicted octanol–water partition coefficient (Wildman–Crippen LogP) is 2.89. The maximum absolute atomic E-state index is 4.56. The number of nitrogens with one attached hydrogen (secondary N) is 1. The summed E-state index contributed by atoms with van der Waals surface area (Å²) in [7, 11) is 1.97. The molecule has 1 N–H and O–H groups in total. The third kappa shape index (κ3) is 4.90. The fraction of sp³-hybridized carbons (Fsp3) is 0.389. The molecular formula is C18H25ClN6. The molecule has 2 heterocycles. The molecule has 0 bridgehead atoms. The van der Waals surface area contributed by atoms with Crippen LogP contribution < -0.4 is 5.32 Å². The highest BCUT2D eigenvalue weighted by molar-refractivity contribution is 5.85. The van der Waals surface area contributed by atoms with Crippen molar-refractivity contribution in [3.05, 3.63) is 65.5 Å². The van der Waals surface area contributed by atoms with Gasteiger partial charge in [-0.15, -0.1) is 12.4 Å². The van der Waals surface area contributed by atoms with Gasteiger partial charge in [0.15, 0.2) is 0 Å². The second-order valence-electron chi connectivity index (χ2n) is 6.33. The van der Waals surface area contributed by atoms with Gasteiger partial charge in [0.25, 0.3) is 0 Å². The molecule has 3 rings (SSSR count). The summed E-state index contributed by atoms with van der Waals surface area (Å²) >= 11 is 0. The van der Waals surface area contributed by atoms with Gasteiger partial charge in [-0.1, -0.05) is 38.1 Å². The van der Waals surface area contributed by atoms with E-state index in [9.17, 15) is 0 Å². The Labute approximate surface area is 154 Å². The van der Waals surface area contributed by atoms with Crippen LogP contribution in [0.1, 0.15) is 42.1 Å². The van der Waals surface area contributed by atoms with E-state index in [0.29, 0.717) is 5.92 Å². The first-order chi connectivity index (χ1) is 11.6. The van der Waals surface area contributed by atoms with Crippen molar-refractivity contribution in [3.63, 3.8) is 0 Å². The molecule has 0 atom stereocenters. The van der Waals surface area contributed by atoms with Crippen molar-refractivity contribution in [2.24, 2.45) is 7.05 Å². The molecule has 0 radical (unpaired) electrons. The molecule has 0 spiro atoms. The van der Waals surface area contributed by atoms with E-state index in [4.69, 9.17) is 0 Å². The predicted molar refractivity (Wildman–Crippen MR) is 101 cm³/mol. The summed E-state index contributed by atoms with van der Waals surface area (Å²) in [5.74, 6) is 0.433. The summed E-state index contributed by atoms with van der Waals surface area (Å²) < 4.78 is 3.74. The van der Waals surface area contributed by atoms with Crippen molar-refractivity contribution in [3.8, 4) is 0 Å². The minimum Gasteiger partial charge on any atom is -0.308 e. The molecule has 0 aliphatic heterocycles. The number of halogens is 1. The van der Waals surface area contributed by atoms with Gasteiger partial charge in [-0.2, -0.15) is 10.2 Å². The van der Waals surface area contributed by atoms with Gasteiger partial charge < -0.3 is 5.32 Å². The quantitative estimate of drug-likeness (QED) is 0.703. The van der Waals surface area contributed by atoms with Gasteiger partial charge in [-0.05, 0) is 17.0 Å². The molecule has 2 aromatic heterocycles. The Hall–Kier alpha value is -2.18. The lowest BCUT2D eigenvalue weighted by molar-refractivity contribution is 0.650. The molecule has 7 heteroatoms.